The monoisotopic (exact) mass is 451 g/mol. The molecule has 11 heteroatoms. The molecule has 2 aromatic carbocycles. The van der Waals surface area contributed by atoms with Gasteiger partial charge in [-0.05, 0) is 54.1 Å². The molecule has 0 unspecified atom stereocenters. The Morgan fingerprint density at radius 3 is 1.84 bits per heavy atom. The number of carbonyl (C=O) groups excluding carboxylic acids is 1. The smallest absolute Gasteiger partial charge is 0.361 e. The minimum Gasteiger partial charge on any atom is -0.361 e. The molecule has 3 aromatic rings. The van der Waals surface area contributed by atoms with Crippen LogP contribution in [0, 0.1) is 0 Å². The van der Waals surface area contributed by atoms with Crippen molar-refractivity contribution in [2.24, 2.45) is 0 Å². The molecule has 2 nitrogen and oxygen atoms in total. The van der Waals surface area contributed by atoms with Gasteiger partial charge in [-0.1, -0.05) is 0 Å². The van der Waals surface area contributed by atoms with Gasteiger partial charge in [-0.15, -0.1) is 0 Å². The molecule has 1 heterocycles. The zero-order valence-corrected chi connectivity index (χ0v) is 15.0. The maximum Gasteiger partial charge on any atom is 0.417 e. The Labute approximate surface area is 168 Å². The van der Waals surface area contributed by atoms with Crippen molar-refractivity contribution in [1.82, 2.24) is 4.98 Å². The highest BCUT2D eigenvalue weighted by atomic mass is 19.4. The molecule has 0 radical (unpaired) electrons. The van der Waals surface area contributed by atoms with Gasteiger partial charge in [0.2, 0.25) is 0 Å². The van der Waals surface area contributed by atoms with Crippen LogP contribution in [0.25, 0.3) is 16.5 Å². The van der Waals surface area contributed by atoms with E-state index >= 15 is 0 Å². The van der Waals surface area contributed by atoms with Crippen LogP contribution in [0.3, 0.4) is 0 Å². The van der Waals surface area contributed by atoms with E-state index < -0.39 is 46.6 Å². The van der Waals surface area contributed by atoms with E-state index in [1.54, 1.807) is 0 Å². The highest BCUT2D eigenvalue weighted by Gasteiger charge is 2.41. The molecule has 0 aliphatic heterocycles. The Kier molecular flexibility index (Phi) is 5.41. The molecule has 0 amide bonds. The number of hydrogen-bond donors (Lipinski definition) is 1. The summed E-state index contributed by atoms with van der Waals surface area (Å²) in [5.74, 6) is -1.23. The van der Waals surface area contributed by atoms with Gasteiger partial charge in [-0.3, -0.25) is 4.79 Å². The van der Waals surface area contributed by atoms with Crippen LogP contribution < -0.4 is 0 Å². The fourth-order valence-corrected chi connectivity index (χ4v) is 2.86. The van der Waals surface area contributed by atoms with Crippen molar-refractivity contribution >= 4 is 22.3 Å². The van der Waals surface area contributed by atoms with Crippen molar-refractivity contribution in [1.29, 1.82) is 0 Å². The SMILES string of the molecule is O=C(/C=C(\c1cc(C(F)(F)F)cc(C(F)(F)F)c1)C(F)(F)F)c1ccc2[nH]ccc2c1. The number of allylic oxidation sites excluding steroid dienone is 2. The number of hydrogen-bond acceptors (Lipinski definition) is 1. The number of benzene rings is 2. The summed E-state index contributed by atoms with van der Waals surface area (Å²) >= 11 is 0. The van der Waals surface area contributed by atoms with E-state index in [4.69, 9.17) is 0 Å². The molecule has 0 aliphatic carbocycles. The number of halogens is 9. The van der Waals surface area contributed by atoms with Gasteiger partial charge >= 0.3 is 18.5 Å². The van der Waals surface area contributed by atoms with Crippen molar-refractivity contribution in [3.63, 3.8) is 0 Å². The highest BCUT2D eigenvalue weighted by Crippen LogP contribution is 2.41. The van der Waals surface area contributed by atoms with Crippen LogP contribution in [-0.4, -0.2) is 16.9 Å². The van der Waals surface area contributed by atoms with Gasteiger partial charge in [-0.2, -0.15) is 39.5 Å². The summed E-state index contributed by atoms with van der Waals surface area (Å²) in [6.45, 7) is 0. The molecule has 3 rings (SSSR count). The Bertz CT molecular complexity index is 1130. The largest absolute Gasteiger partial charge is 0.417 e. The van der Waals surface area contributed by atoms with Crippen LogP contribution in [0.1, 0.15) is 27.0 Å². The third-order valence-electron chi connectivity index (χ3n) is 4.32. The van der Waals surface area contributed by atoms with Crippen LogP contribution in [0.2, 0.25) is 0 Å². The van der Waals surface area contributed by atoms with Crippen molar-refractivity contribution in [3.05, 3.63) is 77.0 Å². The number of H-pyrrole nitrogens is 1. The molecular formula is C20H10F9NO. The Morgan fingerprint density at radius 1 is 0.742 bits per heavy atom. The first kappa shape index (κ1) is 22.4. The van der Waals surface area contributed by atoms with Crippen LogP contribution >= 0.6 is 0 Å². The lowest BCUT2D eigenvalue weighted by Gasteiger charge is -2.17. The van der Waals surface area contributed by atoms with E-state index in [-0.39, 0.29) is 29.8 Å². The molecule has 1 N–H and O–H groups in total. The Balaban J connectivity index is 2.17. The van der Waals surface area contributed by atoms with Crippen molar-refractivity contribution in [2.45, 2.75) is 18.5 Å². The lowest BCUT2D eigenvalue weighted by molar-refractivity contribution is -0.143. The van der Waals surface area contributed by atoms with Gasteiger partial charge in [0.05, 0.1) is 16.7 Å². The first-order valence-corrected chi connectivity index (χ1v) is 8.36. The molecule has 0 fully saturated rings. The molecule has 0 spiro atoms. The van der Waals surface area contributed by atoms with Crippen LogP contribution in [-0.2, 0) is 12.4 Å². The lowest BCUT2D eigenvalue weighted by atomic mass is 9.96. The molecule has 0 saturated carbocycles. The number of carbonyl (C=O) groups is 1. The average Bonchev–Trinajstić information content (AvgIpc) is 3.11. The molecule has 0 saturated heterocycles. The summed E-state index contributed by atoms with van der Waals surface area (Å²) in [5, 5.41) is 0.478. The fraction of sp³-hybridized carbons (Fsp3) is 0.150. The van der Waals surface area contributed by atoms with Crippen LogP contribution in [0.15, 0.2) is 54.7 Å². The lowest BCUT2D eigenvalue weighted by Crippen LogP contribution is -2.16. The number of alkyl halides is 9. The van der Waals surface area contributed by atoms with Crippen LogP contribution in [0.4, 0.5) is 39.5 Å². The van der Waals surface area contributed by atoms with Crippen molar-refractivity contribution in [3.8, 4) is 0 Å². The molecule has 0 atom stereocenters. The van der Waals surface area contributed by atoms with Crippen molar-refractivity contribution in [2.75, 3.05) is 0 Å². The fourth-order valence-electron chi connectivity index (χ4n) is 2.86. The summed E-state index contributed by atoms with van der Waals surface area (Å²) in [7, 11) is 0. The number of fused-ring (bicyclic) bond motifs is 1. The second-order valence-electron chi connectivity index (χ2n) is 6.49. The zero-order valence-electron chi connectivity index (χ0n) is 15.0. The van der Waals surface area contributed by atoms with E-state index in [1.165, 1.54) is 30.5 Å². The number of aromatic amines is 1. The van der Waals surface area contributed by atoms with Gasteiger partial charge in [0, 0.05) is 22.7 Å². The summed E-state index contributed by atoms with van der Waals surface area (Å²) in [6, 6.07) is 4.91. The van der Waals surface area contributed by atoms with Gasteiger partial charge in [0.1, 0.15) is 0 Å². The first-order chi connectivity index (χ1) is 14.2. The predicted octanol–water partition coefficient (Wildman–Crippen LogP) is 7.03. The quantitative estimate of drug-likeness (QED) is 0.259. The third kappa shape index (κ3) is 4.92. The van der Waals surface area contributed by atoms with E-state index in [1.807, 2.05) is 0 Å². The highest BCUT2D eigenvalue weighted by molar-refractivity contribution is 6.10. The van der Waals surface area contributed by atoms with E-state index in [0.29, 0.717) is 10.9 Å². The van der Waals surface area contributed by atoms with Gasteiger partial charge in [0.15, 0.2) is 5.78 Å². The summed E-state index contributed by atoms with van der Waals surface area (Å²) in [6.07, 6.45) is -14.6. The van der Waals surface area contributed by atoms with Gasteiger partial charge in [-0.25, -0.2) is 0 Å². The summed E-state index contributed by atoms with van der Waals surface area (Å²) in [4.78, 5) is 15.2. The van der Waals surface area contributed by atoms with E-state index in [2.05, 4.69) is 4.98 Å². The molecule has 164 valence electrons. The van der Waals surface area contributed by atoms with E-state index in [9.17, 15) is 44.3 Å². The second-order valence-corrected chi connectivity index (χ2v) is 6.49. The number of rotatable bonds is 3. The zero-order chi connectivity index (χ0) is 23.2. The summed E-state index contributed by atoms with van der Waals surface area (Å²) in [5.41, 5.74) is -6.85. The van der Waals surface area contributed by atoms with Gasteiger partial charge in [0.25, 0.3) is 0 Å². The molecular weight excluding hydrogens is 441 g/mol. The molecule has 0 bridgehead atoms. The number of ketones is 1. The van der Waals surface area contributed by atoms with Crippen molar-refractivity contribution < 1.29 is 44.3 Å². The Hall–Kier alpha value is -3.24. The second kappa shape index (κ2) is 7.47. The minimum absolute atomic E-state index is 0.0105. The minimum atomic E-state index is -5.40. The summed E-state index contributed by atoms with van der Waals surface area (Å²) < 4.78 is 119. The molecule has 31 heavy (non-hydrogen) atoms. The Morgan fingerprint density at radius 2 is 1.32 bits per heavy atom. The van der Waals surface area contributed by atoms with E-state index in [0.717, 1.165) is 0 Å². The maximum absolute atomic E-state index is 13.6. The van der Waals surface area contributed by atoms with Gasteiger partial charge < -0.3 is 4.98 Å². The topological polar surface area (TPSA) is 32.9 Å². The molecule has 1 aromatic heterocycles. The molecule has 0 aliphatic rings. The standard InChI is InChI=1S/C20H10F9NO/c21-18(22,23)13-6-12(7-14(8-13)19(24,25)26)15(20(27,28)29)9-17(31)11-1-2-16-10(5-11)3-4-30-16/h1-9,30H/b15-9+. The average molecular weight is 451 g/mol. The first-order valence-electron chi connectivity index (χ1n) is 8.36. The van der Waals surface area contributed by atoms with Crippen LogP contribution in [0.5, 0.6) is 0 Å². The number of nitrogens with one attached hydrogen (secondary N) is 1. The number of aromatic nitrogens is 1. The predicted molar refractivity (Wildman–Crippen MR) is 93.1 cm³/mol. The maximum atomic E-state index is 13.6. The third-order valence-corrected chi connectivity index (χ3v) is 4.32. The normalized spacial score (nSPS) is 13.6.